The molecule has 0 bridgehead atoms. The van der Waals surface area contributed by atoms with Crippen LogP contribution in [0.4, 0.5) is 0 Å². The molecule has 2 heteroatoms. The highest BCUT2D eigenvalue weighted by molar-refractivity contribution is 5.13. The normalized spacial score (nSPS) is 25.7. The summed E-state index contributed by atoms with van der Waals surface area (Å²) >= 11 is 0. The fraction of sp³-hybridized carbons (Fsp3) is 0.579. The molecule has 2 nitrogen and oxygen atoms in total. The summed E-state index contributed by atoms with van der Waals surface area (Å²) in [4.78, 5) is 0. The van der Waals surface area contributed by atoms with E-state index in [1.807, 2.05) is 12.1 Å². The summed E-state index contributed by atoms with van der Waals surface area (Å²) < 4.78 is 12.3. The third-order valence-corrected chi connectivity index (χ3v) is 4.16. The zero-order chi connectivity index (χ0) is 14.9. The van der Waals surface area contributed by atoms with Crippen LogP contribution in [0.25, 0.3) is 0 Å². The van der Waals surface area contributed by atoms with Crippen molar-refractivity contribution >= 4 is 0 Å². The van der Waals surface area contributed by atoms with Gasteiger partial charge in [-0.05, 0) is 24.8 Å². The van der Waals surface area contributed by atoms with Gasteiger partial charge in [0.05, 0.1) is 24.9 Å². The molecule has 0 N–H and O–H groups in total. The molecule has 2 rings (SSSR count). The molecule has 0 radical (unpaired) electrons. The largest absolute Gasteiger partial charge is 0.371 e. The number of benzene rings is 1. The van der Waals surface area contributed by atoms with Crippen LogP contribution >= 0.6 is 0 Å². The molecule has 0 aromatic heterocycles. The van der Waals surface area contributed by atoms with Crippen LogP contribution in [-0.4, -0.2) is 18.3 Å². The van der Waals surface area contributed by atoms with Crippen molar-refractivity contribution in [3.8, 4) is 0 Å². The van der Waals surface area contributed by atoms with Crippen LogP contribution in [0.5, 0.6) is 0 Å². The van der Waals surface area contributed by atoms with Crippen molar-refractivity contribution in [2.75, 3.05) is 0 Å². The second kappa shape index (κ2) is 9.01. The maximum atomic E-state index is 6.15. The zero-order valence-corrected chi connectivity index (χ0v) is 13.2. The molecule has 3 unspecified atom stereocenters. The van der Waals surface area contributed by atoms with Gasteiger partial charge >= 0.3 is 0 Å². The van der Waals surface area contributed by atoms with E-state index in [9.17, 15) is 0 Å². The number of hydrogen-bond acceptors (Lipinski definition) is 2. The number of rotatable bonds is 8. The Morgan fingerprint density at radius 1 is 1.24 bits per heavy atom. The van der Waals surface area contributed by atoms with Crippen LogP contribution in [0, 0.1) is 0 Å². The molecule has 0 amide bonds. The van der Waals surface area contributed by atoms with Crippen LogP contribution in [0.1, 0.15) is 51.0 Å². The third-order valence-electron chi connectivity index (χ3n) is 4.16. The van der Waals surface area contributed by atoms with Gasteiger partial charge in [-0.25, -0.2) is 0 Å². The lowest BCUT2D eigenvalue weighted by Gasteiger charge is -2.35. The van der Waals surface area contributed by atoms with Crippen molar-refractivity contribution in [2.24, 2.45) is 0 Å². The lowest BCUT2D eigenvalue weighted by Crippen LogP contribution is -2.39. The van der Waals surface area contributed by atoms with Gasteiger partial charge in [0.25, 0.3) is 0 Å². The molecular weight excluding hydrogens is 260 g/mol. The summed E-state index contributed by atoms with van der Waals surface area (Å²) in [6.45, 7) is 6.78. The van der Waals surface area contributed by atoms with Gasteiger partial charge in [-0.3, -0.25) is 0 Å². The fourth-order valence-electron chi connectivity index (χ4n) is 2.89. The van der Waals surface area contributed by atoms with E-state index in [2.05, 4.69) is 37.8 Å². The Morgan fingerprint density at radius 2 is 2.05 bits per heavy atom. The van der Waals surface area contributed by atoms with E-state index < -0.39 is 0 Å². The van der Waals surface area contributed by atoms with Crippen molar-refractivity contribution < 1.29 is 9.47 Å². The Bertz CT molecular complexity index is 401. The topological polar surface area (TPSA) is 18.5 Å². The molecular formula is C19H28O2. The minimum Gasteiger partial charge on any atom is -0.371 e. The zero-order valence-electron chi connectivity index (χ0n) is 13.2. The summed E-state index contributed by atoms with van der Waals surface area (Å²) in [5.74, 6) is 0. The lowest BCUT2D eigenvalue weighted by atomic mass is 9.96. The first-order valence-corrected chi connectivity index (χ1v) is 8.27. The predicted molar refractivity (Wildman–Crippen MR) is 87.3 cm³/mol. The average molecular weight is 288 g/mol. The van der Waals surface area contributed by atoms with Crippen molar-refractivity contribution in [1.82, 2.24) is 0 Å². The van der Waals surface area contributed by atoms with Gasteiger partial charge in [-0.2, -0.15) is 0 Å². The fourth-order valence-corrected chi connectivity index (χ4v) is 2.89. The highest BCUT2D eigenvalue weighted by atomic mass is 16.5. The Morgan fingerprint density at radius 3 is 2.76 bits per heavy atom. The van der Waals surface area contributed by atoms with Crippen molar-refractivity contribution in [2.45, 2.75) is 70.4 Å². The van der Waals surface area contributed by atoms with Crippen molar-refractivity contribution in [3.05, 3.63) is 48.6 Å². The molecule has 1 fully saturated rings. The first-order chi connectivity index (χ1) is 10.3. The van der Waals surface area contributed by atoms with Crippen LogP contribution < -0.4 is 0 Å². The number of ether oxygens (including phenoxy) is 2. The molecule has 1 saturated heterocycles. The molecule has 21 heavy (non-hydrogen) atoms. The van der Waals surface area contributed by atoms with E-state index in [4.69, 9.17) is 9.47 Å². The lowest BCUT2D eigenvalue weighted by molar-refractivity contribution is -0.134. The molecule has 3 atom stereocenters. The SMILES string of the molecule is C=CC1CCC(OCc2ccccc2)C(CCCCC)O1. The summed E-state index contributed by atoms with van der Waals surface area (Å²) in [5, 5.41) is 0. The van der Waals surface area contributed by atoms with Gasteiger partial charge in [0.15, 0.2) is 0 Å². The Kier molecular flexibility index (Phi) is 6.98. The first-order valence-electron chi connectivity index (χ1n) is 8.27. The molecule has 1 aromatic rings. The van der Waals surface area contributed by atoms with E-state index in [1.54, 1.807) is 0 Å². The molecule has 0 aliphatic carbocycles. The summed E-state index contributed by atoms with van der Waals surface area (Å²) in [7, 11) is 0. The molecule has 1 aliphatic rings. The van der Waals surface area contributed by atoms with E-state index >= 15 is 0 Å². The minimum absolute atomic E-state index is 0.202. The maximum Gasteiger partial charge on any atom is 0.0844 e. The van der Waals surface area contributed by atoms with Gasteiger partial charge in [-0.1, -0.05) is 62.6 Å². The van der Waals surface area contributed by atoms with Crippen LogP contribution in [0.3, 0.4) is 0 Å². The predicted octanol–water partition coefficient (Wildman–Crippen LogP) is 4.89. The Balaban J connectivity index is 1.86. The molecule has 1 heterocycles. The van der Waals surface area contributed by atoms with Gasteiger partial charge in [0.1, 0.15) is 0 Å². The number of unbranched alkanes of at least 4 members (excludes halogenated alkanes) is 2. The van der Waals surface area contributed by atoms with E-state index in [0.29, 0.717) is 6.61 Å². The summed E-state index contributed by atoms with van der Waals surface area (Å²) in [6.07, 6.45) is 9.49. The average Bonchev–Trinajstić information content (AvgIpc) is 2.54. The number of hydrogen-bond donors (Lipinski definition) is 0. The molecule has 1 aliphatic heterocycles. The van der Waals surface area contributed by atoms with Crippen LogP contribution in [0.15, 0.2) is 43.0 Å². The van der Waals surface area contributed by atoms with Gasteiger partial charge in [0, 0.05) is 0 Å². The minimum atomic E-state index is 0.202. The van der Waals surface area contributed by atoms with Gasteiger partial charge in [0.2, 0.25) is 0 Å². The Labute approximate surface area is 129 Å². The highest BCUT2D eigenvalue weighted by Crippen LogP contribution is 2.27. The standard InChI is InChI=1S/C19H28O2/c1-3-5-7-12-19-18(14-13-17(4-2)21-19)20-15-16-10-8-6-9-11-16/h4,6,8-11,17-19H,2-3,5,7,12-15H2,1H3. The smallest absolute Gasteiger partial charge is 0.0844 e. The van der Waals surface area contributed by atoms with Crippen LogP contribution in [0.2, 0.25) is 0 Å². The maximum absolute atomic E-state index is 6.15. The second-order valence-corrected chi connectivity index (χ2v) is 5.86. The summed E-state index contributed by atoms with van der Waals surface area (Å²) in [5.41, 5.74) is 1.23. The molecule has 1 aromatic carbocycles. The van der Waals surface area contributed by atoms with Crippen molar-refractivity contribution in [3.63, 3.8) is 0 Å². The van der Waals surface area contributed by atoms with Gasteiger partial charge < -0.3 is 9.47 Å². The van der Waals surface area contributed by atoms with Crippen molar-refractivity contribution in [1.29, 1.82) is 0 Å². The molecule has 116 valence electrons. The molecule has 0 spiro atoms. The Hall–Kier alpha value is -1.12. The van der Waals surface area contributed by atoms with Crippen LogP contribution in [-0.2, 0) is 16.1 Å². The first kappa shape index (κ1) is 16.3. The third kappa shape index (κ3) is 5.29. The van der Waals surface area contributed by atoms with E-state index in [1.165, 1.54) is 24.8 Å². The highest BCUT2D eigenvalue weighted by Gasteiger charge is 2.30. The van der Waals surface area contributed by atoms with E-state index in [0.717, 1.165) is 19.3 Å². The van der Waals surface area contributed by atoms with Gasteiger partial charge in [-0.15, -0.1) is 6.58 Å². The second-order valence-electron chi connectivity index (χ2n) is 5.86. The summed E-state index contributed by atoms with van der Waals surface area (Å²) in [6, 6.07) is 10.4. The quantitative estimate of drug-likeness (QED) is 0.501. The van der Waals surface area contributed by atoms with E-state index in [-0.39, 0.29) is 18.3 Å². The molecule has 0 saturated carbocycles. The monoisotopic (exact) mass is 288 g/mol.